The Kier molecular flexibility index (Phi) is 10.0. The normalized spacial score (nSPS) is 13.1. The first-order valence-corrected chi connectivity index (χ1v) is 14.4. The van der Waals surface area contributed by atoms with E-state index in [2.05, 4.69) is 0 Å². The monoisotopic (exact) mass is 769 g/mol. The van der Waals surface area contributed by atoms with E-state index >= 15 is 0 Å². The smallest absolute Gasteiger partial charge is 0.411 e. The van der Waals surface area contributed by atoms with E-state index in [1.807, 2.05) is 10.6 Å². The van der Waals surface area contributed by atoms with Crippen molar-refractivity contribution in [2.24, 2.45) is 0 Å². The number of hydrogen-bond donors (Lipinski definition) is 6. The molecule has 0 radical (unpaired) electrons. The number of anilines is 3. The second kappa shape index (κ2) is 13.3. The van der Waals surface area contributed by atoms with Gasteiger partial charge in [0.15, 0.2) is 5.41 Å². The van der Waals surface area contributed by atoms with Crippen LogP contribution in [0.1, 0.15) is 44.3 Å². The lowest BCUT2D eigenvalue weighted by molar-refractivity contribution is -0.297. The topological polar surface area (TPSA) is 145 Å². The Morgan fingerprint density at radius 1 is 0.528 bits per heavy atom. The molecule has 4 rings (SSSR count). The molecule has 0 aliphatic carbocycles. The SMILES string of the molecule is CC(c1ccc(O)c(NC(=O)c2cccc(C(=O)Nc3cc(C(c4ccc(O)c(N)c4)(C(F)(F)F)C(F)(F)F)ccc3O)c2)c1)(C(F)(F)F)C(F)(F)F. The molecule has 0 saturated carbocycles. The number of nitrogens with one attached hydrogen (secondary N) is 2. The second-order valence-corrected chi connectivity index (χ2v) is 11.6. The van der Waals surface area contributed by atoms with Crippen molar-refractivity contribution in [3.05, 3.63) is 107 Å². The summed E-state index contributed by atoms with van der Waals surface area (Å²) in [5.74, 6) is -5.42. The van der Waals surface area contributed by atoms with E-state index in [9.17, 15) is 77.6 Å². The summed E-state index contributed by atoms with van der Waals surface area (Å²) in [5, 5.41) is 33.9. The van der Waals surface area contributed by atoms with Crippen molar-refractivity contribution in [2.75, 3.05) is 16.4 Å². The first-order valence-electron chi connectivity index (χ1n) is 14.4. The first kappa shape index (κ1) is 40.0. The molecule has 2 amide bonds. The number of aromatic hydroxyl groups is 3. The Balaban J connectivity index is 1.70. The van der Waals surface area contributed by atoms with Crippen LogP contribution in [0, 0.1) is 0 Å². The molecule has 0 saturated heterocycles. The minimum absolute atomic E-state index is 0.157. The van der Waals surface area contributed by atoms with Gasteiger partial charge in [0.1, 0.15) is 17.2 Å². The maximum absolute atomic E-state index is 14.6. The van der Waals surface area contributed by atoms with E-state index in [4.69, 9.17) is 5.73 Å². The highest BCUT2D eigenvalue weighted by Crippen LogP contribution is 2.57. The highest BCUT2D eigenvalue weighted by molar-refractivity contribution is 6.09. The first-order chi connectivity index (χ1) is 24.2. The Hall–Kier alpha value is -5.82. The highest BCUT2D eigenvalue weighted by Gasteiger charge is 2.73. The maximum atomic E-state index is 14.6. The van der Waals surface area contributed by atoms with Crippen molar-refractivity contribution >= 4 is 28.9 Å². The van der Waals surface area contributed by atoms with Crippen LogP contribution < -0.4 is 16.4 Å². The zero-order valence-corrected chi connectivity index (χ0v) is 26.3. The highest BCUT2D eigenvalue weighted by atomic mass is 19.4. The predicted octanol–water partition coefficient (Wildman–Crippen LogP) is 8.68. The Morgan fingerprint density at radius 2 is 0.906 bits per heavy atom. The number of nitrogens with two attached hydrogens (primary N) is 1. The number of hydrogen-bond acceptors (Lipinski definition) is 6. The van der Waals surface area contributed by atoms with Gasteiger partial charge in [-0.1, -0.05) is 24.3 Å². The third-order valence-electron chi connectivity index (χ3n) is 8.33. The molecule has 8 nitrogen and oxygen atoms in total. The summed E-state index contributed by atoms with van der Waals surface area (Å²) in [4.78, 5) is 26.1. The van der Waals surface area contributed by atoms with Crippen LogP contribution in [0.4, 0.5) is 69.7 Å². The number of phenols is 3. The number of nitrogen functional groups attached to an aromatic ring is 1. The molecule has 0 fully saturated rings. The van der Waals surface area contributed by atoms with Gasteiger partial charge < -0.3 is 31.7 Å². The van der Waals surface area contributed by atoms with E-state index in [1.54, 1.807) is 0 Å². The largest absolute Gasteiger partial charge is 0.506 e. The van der Waals surface area contributed by atoms with Crippen LogP contribution in [0.3, 0.4) is 0 Å². The van der Waals surface area contributed by atoms with Gasteiger partial charge in [0.2, 0.25) is 5.41 Å². The molecule has 0 aliphatic rings. The minimum Gasteiger partial charge on any atom is -0.506 e. The molecule has 0 bridgehead atoms. The summed E-state index contributed by atoms with van der Waals surface area (Å²) < 4.78 is 169. The molecule has 0 spiro atoms. The third kappa shape index (κ3) is 7.04. The average Bonchev–Trinajstić information content (AvgIpc) is 3.02. The fraction of sp³-hybridized carbons (Fsp3) is 0.212. The fourth-order valence-electron chi connectivity index (χ4n) is 5.27. The molecule has 53 heavy (non-hydrogen) atoms. The van der Waals surface area contributed by atoms with Crippen LogP contribution in [0.5, 0.6) is 17.2 Å². The quantitative estimate of drug-likeness (QED) is 0.0631. The summed E-state index contributed by atoms with van der Waals surface area (Å²) in [6.07, 6.45) is -24.0. The number of benzene rings is 4. The van der Waals surface area contributed by atoms with Gasteiger partial charge in [-0.15, -0.1) is 0 Å². The van der Waals surface area contributed by atoms with Crippen LogP contribution in [0.2, 0.25) is 0 Å². The van der Waals surface area contributed by atoms with Crippen molar-refractivity contribution in [2.45, 2.75) is 42.5 Å². The van der Waals surface area contributed by atoms with Crippen LogP contribution in [0.25, 0.3) is 0 Å². The zero-order chi connectivity index (χ0) is 40.1. The van der Waals surface area contributed by atoms with Crippen molar-refractivity contribution < 1.29 is 77.6 Å². The number of halogens is 12. The summed E-state index contributed by atoms with van der Waals surface area (Å²) in [7, 11) is 0. The molecule has 4 aromatic carbocycles. The van der Waals surface area contributed by atoms with Crippen molar-refractivity contribution in [1.82, 2.24) is 0 Å². The summed E-state index contributed by atoms with van der Waals surface area (Å²) in [5.41, 5.74) is -12.1. The minimum atomic E-state index is -6.14. The van der Waals surface area contributed by atoms with Gasteiger partial charge in [0.05, 0.1) is 17.1 Å². The van der Waals surface area contributed by atoms with Crippen LogP contribution in [0.15, 0.2) is 78.9 Å². The molecular formula is C33H23F12N3O5. The molecule has 284 valence electrons. The Bertz CT molecular complexity index is 2030. The Labute approximate surface area is 289 Å². The Morgan fingerprint density at radius 3 is 1.30 bits per heavy atom. The molecule has 7 N–H and O–H groups in total. The molecule has 0 aliphatic heterocycles. The molecule has 0 unspecified atom stereocenters. The van der Waals surface area contributed by atoms with E-state index in [1.165, 1.54) is 0 Å². The van der Waals surface area contributed by atoms with E-state index in [0.29, 0.717) is 30.3 Å². The van der Waals surface area contributed by atoms with Gasteiger partial charge in [-0.3, -0.25) is 9.59 Å². The lowest BCUT2D eigenvalue weighted by atomic mass is 9.72. The number of amides is 2. The summed E-state index contributed by atoms with van der Waals surface area (Å²) in [6.45, 7) is -0.157. The fourth-order valence-corrected chi connectivity index (χ4v) is 5.27. The van der Waals surface area contributed by atoms with Gasteiger partial charge in [0, 0.05) is 11.1 Å². The van der Waals surface area contributed by atoms with E-state index in [-0.39, 0.29) is 31.2 Å². The van der Waals surface area contributed by atoms with Gasteiger partial charge in [-0.25, -0.2) is 0 Å². The van der Waals surface area contributed by atoms with Gasteiger partial charge >= 0.3 is 24.7 Å². The molecule has 4 aromatic rings. The zero-order valence-electron chi connectivity index (χ0n) is 26.3. The number of alkyl halides is 12. The van der Waals surface area contributed by atoms with Crippen molar-refractivity contribution in [1.29, 1.82) is 0 Å². The standard InChI is InChI=1S/C33H23F12N3O5/c1-28(30(34,35)36,31(37,38)39)17-5-9-24(50)21(13-17)47-26(52)15-3-2-4-16(11-15)27(53)48-22-14-19(7-10-25(22)51)29(32(40,41)42,33(43,44)45)18-6-8-23(49)20(46)12-18/h2-14,49-51H,46H2,1H3,(H,47,52)(H,48,53). The molecular weight excluding hydrogens is 746 g/mol. The summed E-state index contributed by atoms with van der Waals surface area (Å²) in [6, 6.07) is 6.77. The van der Waals surface area contributed by atoms with Crippen molar-refractivity contribution in [3.63, 3.8) is 0 Å². The molecule has 0 atom stereocenters. The lowest BCUT2D eigenvalue weighted by Crippen LogP contribution is -2.54. The third-order valence-corrected chi connectivity index (χ3v) is 8.33. The summed E-state index contributed by atoms with van der Waals surface area (Å²) >= 11 is 0. The van der Waals surface area contributed by atoms with Gasteiger partial charge in [0.25, 0.3) is 11.8 Å². The number of phenolic OH excluding ortho intramolecular Hbond substituents is 3. The van der Waals surface area contributed by atoms with Crippen LogP contribution >= 0.6 is 0 Å². The number of carbonyl (C=O) groups excluding carboxylic acids is 2. The second-order valence-electron chi connectivity index (χ2n) is 11.6. The maximum Gasteiger partial charge on any atom is 0.411 e. The molecule has 20 heteroatoms. The number of rotatable bonds is 7. The molecule has 0 heterocycles. The van der Waals surface area contributed by atoms with Gasteiger partial charge in [-0.05, 0) is 78.2 Å². The van der Waals surface area contributed by atoms with E-state index in [0.717, 1.165) is 24.3 Å². The predicted molar refractivity (Wildman–Crippen MR) is 163 cm³/mol. The molecule has 0 aromatic heterocycles. The average molecular weight is 770 g/mol. The lowest BCUT2D eigenvalue weighted by Gasteiger charge is -2.38. The van der Waals surface area contributed by atoms with Gasteiger partial charge in [-0.2, -0.15) is 52.7 Å². The van der Waals surface area contributed by atoms with Crippen molar-refractivity contribution in [3.8, 4) is 17.2 Å². The number of carbonyl (C=O) groups is 2. The van der Waals surface area contributed by atoms with Crippen LogP contribution in [-0.2, 0) is 10.8 Å². The van der Waals surface area contributed by atoms with Crippen LogP contribution in [-0.4, -0.2) is 51.8 Å². The van der Waals surface area contributed by atoms with E-state index < -0.39 is 109 Å².